The summed E-state index contributed by atoms with van der Waals surface area (Å²) in [5.74, 6) is -0.0669. The van der Waals surface area contributed by atoms with Gasteiger partial charge in [0.2, 0.25) is 5.91 Å². The summed E-state index contributed by atoms with van der Waals surface area (Å²) in [5, 5.41) is 12.6. The van der Waals surface area contributed by atoms with Crippen LogP contribution in [0.5, 0.6) is 0 Å². The second-order valence-electron chi connectivity index (χ2n) is 6.03. The summed E-state index contributed by atoms with van der Waals surface area (Å²) in [7, 11) is 0. The molecule has 0 radical (unpaired) electrons. The molecule has 0 aromatic rings. The molecule has 94 valence electrons. The average Bonchev–Trinajstić information content (AvgIpc) is 2.10. The van der Waals surface area contributed by atoms with E-state index >= 15 is 0 Å². The third-order valence-electron chi connectivity index (χ3n) is 3.42. The maximum Gasteiger partial charge on any atom is 0.221 e. The number of aliphatic hydroxyl groups is 1. The van der Waals surface area contributed by atoms with Gasteiger partial charge in [-0.1, -0.05) is 20.8 Å². The van der Waals surface area contributed by atoms with Gasteiger partial charge in [-0.15, -0.1) is 0 Å². The number of rotatable bonds is 4. The van der Waals surface area contributed by atoms with Crippen LogP contribution in [-0.4, -0.2) is 29.2 Å². The smallest absolute Gasteiger partial charge is 0.221 e. The summed E-state index contributed by atoms with van der Waals surface area (Å²) in [6.07, 6.45) is 2.95. The van der Waals surface area contributed by atoms with Crippen molar-refractivity contribution in [3.63, 3.8) is 0 Å². The van der Waals surface area contributed by atoms with Gasteiger partial charge in [0.15, 0.2) is 0 Å². The van der Waals surface area contributed by atoms with E-state index in [-0.39, 0.29) is 17.4 Å². The second kappa shape index (κ2) is 4.72. The maximum absolute atomic E-state index is 11.6. The van der Waals surface area contributed by atoms with Gasteiger partial charge < -0.3 is 16.2 Å². The second-order valence-corrected chi connectivity index (χ2v) is 6.03. The van der Waals surface area contributed by atoms with Crippen molar-refractivity contribution < 1.29 is 9.90 Å². The van der Waals surface area contributed by atoms with Crippen molar-refractivity contribution in [2.75, 3.05) is 6.54 Å². The molecule has 0 aromatic heterocycles. The molecular formula is C12H24N2O2. The van der Waals surface area contributed by atoms with Crippen LogP contribution in [-0.2, 0) is 4.79 Å². The van der Waals surface area contributed by atoms with Crippen LogP contribution in [0.15, 0.2) is 0 Å². The minimum absolute atomic E-state index is 0.0648. The molecule has 1 aliphatic rings. The van der Waals surface area contributed by atoms with E-state index in [0.717, 1.165) is 19.3 Å². The predicted molar refractivity (Wildman–Crippen MR) is 63.9 cm³/mol. The van der Waals surface area contributed by atoms with Gasteiger partial charge >= 0.3 is 0 Å². The Bertz CT molecular complexity index is 254. The molecule has 0 aromatic carbocycles. The lowest BCUT2D eigenvalue weighted by atomic mass is 9.80. The molecule has 0 spiro atoms. The van der Waals surface area contributed by atoms with Gasteiger partial charge in [-0.25, -0.2) is 0 Å². The van der Waals surface area contributed by atoms with Crippen molar-refractivity contribution in [3.05, 3.63) is 0 Å². The van der Waals surface area contributed by atoms with E-state index < -0.39 is 5.60 Å². The van der Waals surface area contributed by atoms with Gasteiger partial charge in [-0.2, -0.15) is 0 Å². The summed E-state index contributed by atoms with van der Waals surface area (Å²) in [6, 6.07) is -0.150. The monoisotopic (exact) mass is 228 g/mol. The van der Waals surface area contributed by atoms with E-state index in [9.17, 15) is 9.90 Å². The zero-order valence-corrected chi connectivity index (χ0v) is 10.5. The molecule has 4 nitrogen and oxygen atoms in total. The highest BCUT2D eigenvalue weighted by molar-refractivity contribution is 5.76. The molecule has 16 heavy (non-hydrogen) atoms. The van der Waals surface area contributed by atoms with Crippen LogP contribution in [0.25, 0.3) is 0 Å². The first-order valence-electron chi connectivity index (χ1n) is 5.98. The van der Waals surface area contributed by atoms with E-state index in [4.69, 9.17) is 5.73 Å². The van der Waals surface area contributed by atoms with Gasteiger partial charge in [0.1, 0.15) is 0 Å². The Hall–Kier alpha value is -0.610. The molecule has 1 aliphatic carbocycles. The fourth-order valence-electron chi connectivity index (χ4n) is 1.60. The number of nitrogens with one attached hydrogen (secondary N) is 1. The number of hydrogen-bond donors (Lipinski definition) is 3. The van der Waals surface area contributed by atoms with Gasteiger partial charge in [-0.05, 0) is 24.7 Å². The quantitative estimate of drug-likeness (QED) is 0.665. The van der Waals surface area contributed by atoms with Crippen LogP contribution >= 0.6 is 0 Å². The van der Waals surface area contributed by atoms with E-state index in [1.807, 2.05) is 20.8 Å². The van der Waals surface area contributed by atoms with E-state index in [1.54, 1.807) is 0 Å². The SMILES string of the molecule is CC(C)(C)C(N)CC(=O)NCC1(O)CCC1. The van der Waals surface area contributed by atoms with Crippen molar-refractivity contribution in [1.82, 2.24) is 5.32 Å². The van der Waals surface area contributed by atoms with Crippen LogP contribution < -0.4 is 11.1 Å². The zero-order chi connectivity index (χ0) is 12.4. The third kappa shape index (κ3) is 3.76. The lowest BCUT2D eigenvalue weighted by Crippen LogP contribution is -2.49. The Balaban J connectivity index is 2.25. The lowest BCUT2D eigenvalue weighted by molar-refractivity contribution is -0.124. The fourth-order valence-corrected chi connectivity index (χ4v) is 1.60. The molecular weight excluding hydrogens is 204 g/mol. The Kier molecular flexibility index (Phi) is 3.97. The van der Waals surface area contributed by atoms with Crippen LogP contribution in [0.2, 0.25) is 0 Å². The molecule has 1 amide bonds. The molecule has 0 bridgehead atoms. The Morgan fingerprint density at radius 3 is 2.44 bits per heavy atom. The largest absolute Gasteiger partial charge is 0.388 e. The molecule has 1 fully saturated rings. The highest BCUT2D eigenvalue weighted by Gasteiger charge is 2.34. The topological polar surface area (TPSA) is 75.4 Å². The first kappa shape index (κ1) is 13.5. The minimum Gasteiger partial charge on any atom is -0.388 e. The normalized spacial score (nSPS) is 21.1. The molecule has 1 rings (SSSR count). The van der Waals surface area contributed by atoms with Crippen molar-refractivity contribution in [3.8, 4) is 0 Å². The van der Waals surface area contributed by atoms with Crippen LogP contribution in [0.1, 0.15) is 46.5 Å². The fraction of sp³-hybridized carbons (Fsp3) is 0.917. The van der Waals surface area contributed by atoms with Gasteiger partial charge in [0.05, 0.1) is 5.60 Å². The van der Waals surface area contributed by atoms with E-state index in [2.05, 4.69) is 5.32 Å². The molecule has 0 heterocycles. The van der Waals surface area contributed by atoms with Crippen molar-refractivity contribution in [2.45, 2.75) is 58.1 Å². The van der Waals surface area contributed by atoms with Gasteiger partial charge in [0, 0.05) is 19.0 Å². The lowest BCUT2D eigenvalue weighted by Gasteiger charge is -2.36. The highest BCUT2D eigenvalue weighted by Crippen LogP contribution is 2.30. The zero-order valence-electron chi connectivity index (χ0n) is 10.5. The van der Waals surface area contributed by atoms with Crippen LogP contribution in [0.3, 0.4) is 0 Å². The maximum atomic E-state index is 11.6. The highest BCUT2D eigenvalue weighted by atomic mass is 16.3. The number of hydrogen-bond acceptors (Lipinski definition) is 3. The van der Waals surface area contributed by atoms with Gasteiger partial charge in [0.25, 0.3) is 0 Å². The van der Waals surface area contributed by atoms with Gasteiger partial charge in [-0.3, -0.25) is 4.79 Å². The minimum atomic E-state index is -0.651. The first-order valence-corrected chi connectivity index (χ1v) is 5.98. The summed E-state index contributed by atoms with van der Waals surface area (Å²) < 4.78 is 0. The molecule has 4 N–H and O–H groups in total. The molecule has 1 saturated carbocycles. The summed E-state index contributed by atoms with van der Waals surface area (Å²) in [5.41, 5.74) is 5.20. The number of carbonyl (C=O) groups excluding carboxylic acids is 1. The first-order chi connectivity index (χ1) is 7.23. The molecule has 1 atom stereocenters. The molecule has 0 saturated heterocycles. The van der Waals surface area contributed by atoms with E-state index in [0.29, 0.717) is 13.0 Å². The standard InChI is InChI=1S/C12H24N2O2/c1-11(2,3)9(13)7-10(15)14-8-12(16)5-4-6-12/h9,16H,4-8,13H2,1-3H3,(H,14,15). The Morgan fingerprint density at radius 1 is 1.50 bits per heavy atom. The summed E-state index contributed by atoms with van der Waals surface area (Å²) in [4.78, 5) is 11.6. The Labute approximate surface area is 97.6 Å². The number of carbonyl (C=O) groups is 1. The third-order valence-corrected chi connectivity index (χ3v) is 3.42. The van der Waals surface area contributed by atoms with Crippen molar-refractivity contribution in [2.24, 2.45) is 11.1 Å². The van der Waals surface area contributed by atoms with Crippen LogP contribution in [0.4, 0.5) is 0 Å². The van der Waals surface area contributed by atoms with Crippen LogP contribution in [0, 0.1) is 5.41 Å². The average molecular weight is 228 g/mol. The molecule has 0 aliphatic heterocycles. The number of nitrogens with two attached hydrogens (primary N) is 1. The Morgan fingerprint density at radius 2 is 2.06 bits per heavy atom. The molecule has 4 heteroatoms. The molecule has 1 unspecified atom stereocenters. The van der Waals surface area contributed by atoms with Crippen molar-refractivity contribution >= 4 is 5.91 Å². The van der Waals surface area contributed by atoms with Crippen molar-refractivity contribution in [1.29, 1.82) is 0 Å². The van der Waals surface area contributed by atoms with E-state index in [1.165, 1.54) is 0 Å². The number of amides is 1. The summed E-state index contributed by atoms with van der Waals surface area (Å²) >= 11 is 0. The predicted octanol–water partition coefficient (Wildman–Crippen LogP) is 0.781. The summed E-state index contributed by atoms with van der Waals surface area (Å²) in [6.45, 7) is 6.42.